The van der Waals surface area contributed by atoms with Crippen molar-refractivity contribution in [1.29, 1.82) is 0 Å². The molecule has 19 heavy (non-hydrogen) atoms. The summed E-state index contributed by atoms with van der Waals surface area (Å²) >= 11 is 0. The number of carboxylic acids is 1. The Morgan fingerprint density at radius 1 is 1.42 bits per heavy atom. The van der Waals surface area contributed by atoms with Gasteiger partial charge in [-0.2, -0.15) is 0 Å². The predicted molar refractivity (Wildman–Crippen MR) is 72.9 cm³/mol. The van der Waals surface area contributed by atoms with Gasteiger partial charge in [0.15, 0.2) is 0 Å². The highest BCUT2D eigenvalue weighted by molar-refractivity contribution is 5.82. The zero-order chi connectivity index (χ0) is 14.4. The number of carboxylic acid groups (broad SMARTS) is 1. The minimum atomic E-state index is -0.990. The van der Waals surface area contributed by atoms with Crippen LogP contribution >= 0.6 is 0 Å². The van der Waals surface area contributed by atoms with Gasteiger partial charge in [0.2, 0.25) is 0 Å². The minimum absolute atomic E-state index is 0.379. The highest BCUT2D eigenvalue weighted by Crippen LogP contribution is 2.05. The Bertz CT molecular complexity index is 460. The molecule has 0 aliphatic rings. The number of urea groups is 1. The largest absolute Gasteiger partial charge is 0.480 e. The molecule has 104 valence electrons. The molecule has 1 aromatic rings. The molecule has 1 atom stereocenters. The number of nitrogens with one attached hydrogen (secondary N) is 1. The molecule has 0 radical (unpaired) electrons. The number of aliphatic carboxylic acids is 1. The molecule has 0 bridgehead atoms. The van der Waals surface area contributed by atoms with E-state index in [0.717, 1.165) is 11.1 Å². The van der Waals surface area contributed by atoms with Gasteiger partial charge >= 0.3 is 12.0 Å². The molecule has 1 rings (SSSR count). The lowest BCUT2D eigenvalue weighted by atomic mass is 10.1. The number of hydrogen-bond donors (Lipinski definition) is 2. The number of likely N-dealkylation sites (N-methyl/N-ethyl adjacent to an activating group) is 1. The zero-order valence-electron chi connectivity index (χ0n) is 11.5. The Balaban J connectivity index is 2.57. The Kier molecular flexibility index (Phi) is 5.36. The first-order chi connectivity index (χ1) is 8.95. The molecule has 5 nitrogen and oxygen atoms in total. The number of amides is 2. The molecule has 0 saturated heterocycles. The van der Waals surface area contributed by atoms with E-state index < -0.39 is 12.0 Å². The molecule has 0 aromatic heterocycles. The van der Waals surface area contributed by atoms with Crippen LogP contribution in [0.4, 0.5) is 4.79 Å². The molecule has 0 saturated carbocycles. The van der Waals surface area contributed by atoms with Gasteiger partial charge in [-0.3, -0.25) is 0 Å². The first-order valence-electron chi connectivity index (χ1n) is 6.24. The average molecular weight is 264 g/mol. The summed E-state index contributed by atoms with van der Waals surface area (Å²) in [6, 6.07) is 6.63. The summed E-state index contributed by atoms with van der Waals surface area (Å²) in [6.07, 6.45) is 0.379. The van der Waals surface area contributed by atoms with Gasteiger partial charge in [0.25, 0.3) is 0 Å². The SMILES string of the molecule is CCC(C(=O)O)N(C)C(=O)NCc1cccc(C)c1. The van der Waals surface area contributed by atoms with Crippen molar-refractivity contribution in [1.82, 2.24) is 10.2 Å². The van der Waals surface area contributed by atoms with Crippen molar-refractivity contribution >= 4 is 12.0 Å². The van der Waals surface area contributed by atoms with Crippen LogP contribution in [0.15, 0.2) is 24.3 Å². The summed E-state index contributed by atoms with van der Waals surface area (Å²) < 4.78 is 0. The van der Waals surface area contributed by atoms with E-state index in [4.69, 9.17) is 5.11 Å². The highest BCUT2D eigenvalue weighted by Gasteiger charge is 2.24. The fraction of sp³-hybridized carbons (Fsp3) is 0.429. The van der Waals surface area contributed by atoms with Crippen LogP contribution in [-0.4, -0.2) is 35.1 Å². The van der Waals surface area contributed by atoms with E-state index in [1.54, 1.807) is 6.92 Å². The summed E-state index contributed by atoms with van der Waals surface area (Å²) in [7, 11) is 1.49. The molecule has 0 spiro atoms. The van der Waals surface area contributed by atoms with Crippen LogP contribution in [-0.2, 0) is 11.3 Å². The molecule has 5 heteroatoms. The second kappa shape index (κ2) is 6.78. The maximum Gasteiger partial charge on any atom is 0.326 e. The van der Waals surface area contributed by atoms with E-state index in [1.807, 2.05) is 31.2 Å². The first kappa shape index (κ1) is 15.0. The Hall–Kier alpha value is -2.04. The van der Waals surface area contributed by atoms with Crippen LogP contribution in [0, 0.1) is 6.92 Å². The Labute approximate surface area is 113 Å². The average Bonchev–Trinajstić information content (AvgIpc) is 2.36. The predicted octanol–water partition coefficient (Wildman–Crippen LogP) is 2.00. The summed E-state index contributed by atoms with van der Waals surface area (Å²) in [5.74, 6) is -0.990. The first-order valence-corrected chi connectivity index (χ1v) is 6.24. The van der Waals surface area contributed by atoms with E-state index in [9.17, 15) is 9.59 Å². The van der Waals surface area contributed by atoms with Crippen LogP contribution in [0.5, 0.6) is 0 Å². The van der Waals surface area contributed by atoms with Crippen molar-refractivity contribution in [2.45, 2.75) is 32.9 Å². The standard InChI is InChI=1S/C14H20N2O3/c1-4-12(13(17)18)16(3)14(19)15-9-11-7-5-6-10(2)8-11/h5-8,12H,4,9H2,1-3H3,(H,15,19)(H,17,18). The van der Waals surface area contributed by atoms with Crippen molar-refractivity contribution in [2.75, 3.05) is 7.05 Å². The van der Waals surface area contributed by atoms with Gasteiger partial charge in [-0.05, 0) is 18.9 Å². The van der Waals surface area contributed by atoms with Crippen LogP contribution < -0.4 is 5.32 Å². The van der Waals surface area contributed by atoms with E-state index >= 15 is 0 Å². The molecule has 0 aliphatic carbocycles. The summed E-state index contributed by atoms with van der Waals surface area (Å²) in [5, 5.41) is 11.7. The smallest absolute Gasteiger partial charge is 0.326 e. The molecule has 2 amide bonds. The zero-order valence-corrected chi connectivity index (χ0v) is 11.5. The molecular weight excluding hydrogens is 244 g/mol. The van der Waals surface area contributed by atoms with Gasteiger partial charge in [-0.25, -0.2) is 9.59 Å². The van der Waals surface area contributed by atoms with E-state index in [1.165, 1.54) is 11.9 Å². The molecule has 1 aromatic carbocycles. The number of rotatable bonds is 5. The lowest BCUT2D eigenvalue weighted by Crippen LogP contribution is -2.46. The number of carbonyl (C=O) groups is 2. The minimum Gasteiger partial charge on any atom is -0.480 e. The molecule has 2 N–H and O–H groups in total. The van der Waals surface area contributed by atoms with E-state index in [2.05, 4.69) is 5.32 Å². The summed E-state index contributed by atoms with van der Waals surface area (Å²) in [4.78, 5) is 24.1. The molecule has 1 unspecified atom stereocenters. The number of benzene rings is 1. The normalized spacial score (nSPS) is 11.7. The molecule has 0 aliphatic heterocycles. The maximum absolute atomic E-state index is 11.9. The Morgan fingerprint density at radius 2 is 2.11 bits per heavy atom. The van der Waals surface area contributed by atoms with Gasteiger partial charge in [-0.1, -0.05) is 36.8 Å². The van der Waals surface area contributed by atoms with Crippen LogP contribution in [0.3, 0.4) is 0 Å². The maximum atomic E-state index is 11.9. The van der Waals surface area contributed by atoms with Gasteiger partial charge in [0.1, 0.15) is 6.04 Å². The summed E-state index contributed by atoms with van der Waals surface area (Å²) in [5.41, 5.74) is 2.11. The van der Waals surface area contributed by atoms with E-state index in [0.29, 0.717) is 13.0 Å². The van der Waals surface area contributed by atoms with Crippen molar-refractivity contribution in [3.63, 3.8) is 0 Å². The number of nitrogens with zero attached hydrogens (tertiary/aromatic N) is 1. The van der Waals surface area contributed by atoms with E-state index in [-0.39, 0.29) is 6.03 Å². The number of aryl methyl sites for hydroxylation is 1. The lowest BCUT2D eigenvalue weighted by molar-refractivity contribution is -0.141. The van der Waals surface area contributed by atoms with Crippen molar-refractivity contribution in [2.24, 2.45) is 0 Å². The monoisotopic (exact) mass is 264 g/mol. The summed E-state index contributed by atoms with van der Waals surface area (Å²) in [6.45, 7) is 4.11. The third kappa shape index (κ3) is 4.28. The fourth-order valence-corrected chi connectivity index (χ4v) is 1.88. The fourth-order valence-electron chi connectivity index (χ4n) is 1.88. The number of carbonyl (C=O) groups excluding carboxylic acids is 1. The second-order valence-electron chi connectivity index (χ2n) is 4.52. The van der Waals surface area contributed by atoms with Crippen molar-refractivity contribution in [3.8, 4) is 0 Å². The molecule has 0 heterocycles. The molecular formula is C14H20N2O3. The third-order valence-electron chi connectivity index (χ3n) is 2.99. The van der Waals surface area contributed by atoms with Crippen LogP contribution in [0.25, 0.3) is 0 Å². The highest BCUT2D eigenvalue weighted by atomic mass is 16.4. The van der Waals surface area contributed by atoms with Gasteiger partial charge in [0.05, 0.1) is 0 Å². The quantitative estimate of drug-likeness (QED) is 0.854. The van der Waals surface area contributed by atoms with Crippen molar-refractivity contribution in [3.05, 3.63) is 35.4 Å². The van der Waals surface area contributed by atoms with Crippen molar-refractivity contribution < 1.29 is 14.7 Å². The van der Waals surface area contributed by atoms with Gasteiger partial charge < -0.3 is 15.3 Å². The topological polar surface area (TPSA) is 69.6 Å². The number of hydrogen-bond acceptors (Lipinski definition) is 2. The van der Waals surface area contributed by atoms with Gasteiger partial charge in [-0.15, -0.1) is 0 Å². The van der Waals surface area contributed by atoms with Crippen LogP contribution in [0.2, 0.25) is 0 Å². The second-order valence-corrected chi connectivity index (χ2v) is 4.52. The van der Waals surface area contributed by atoms with Crippen LogP contribution in [0.1, 0.15) is 24.5 Å². The molecule has 0 fully saturated rings. The van der Waals surface area contributed by atoms with Gasteiger partial charge in [0, 0.05) is 13.6 Å². The lowest BCUT2D eigenvalue weighted by Gasteiger charge is -2.24. The Morgan fingerprint density at radius 3 is 2.63 bits per heavy atom. The third-order valence-corrected chi connectivity index (χ3v) is 2.99.